The zero-order chi connectivity index (χ0) is 13.7. The molecular formula is C15H21BrO2. The number of hydrogen-bond donors (Lipinski definition) is 0. The Labute approximate surface area is 118 Å². The highest BCUT2D eigenvalue weighted by Gasteiger charge is 2.19. The highest BCUT2D eigenvalue weighted by Crippen LogP contribution is 2.27. The minimum atomic E-state index is -0.223. The molecule has 3 heteroatoms. The fraction of sp³-hybridized carbons (Fsp3) is 0.533. The molecule has 0 radical (unpaired) electrons. The van der Waals surface area contributed by atoms with E-state index < -0.39 is 0 Å². The van der Waals surface area contributed by atoms with Crippen molar-refractivity contribution >= 4 is 21.9 Å². The van der Waals surface area contributed by atoms with E-state index >= 15 is 0 Å². The third kappa shape index (κ3) is 3.35. The molecule has 0 aromatic heterocycles. The number of hydrogen-bond acceptors (Lipinski definition) is 2. The van der Waals surface area contributed by atoms with Gasteiger partial charge in [0.1, 0.15) is 0 Å². The van der Waals surface area contributed by atoms with Gasteiger partial charge in [0.05, 0.1) is 12.7 Å². The normalized spacial score (nSPS) is 10.8. The molecule has 0 saturated carbocycles. The number of alkyl halides is 1. The van der Waals surface area contributed by atoms with Crippen LogP contribution in [0.5, 0.6) is 0 Å². The van der Waals surface area contributed by atoms with E-state index in [1.54, 1.807) is 0 Å². The van der Waals surface area contributed by atoms with Crippen molar-refractivity contribution in [2.24, 2.45) is 0 Å². The summed E-state index contributed by atoms with van der Waals surface area (Å²) in [5.74, 6) is 0.193. The fourth-order valence-corrected chi connectivity index (χ4v) is 2.50. The van der Waals surface area contributed by atoms with Crippen LogP contribution < -0.4 is 0 Å². The number of ether oxygens (including phenoxy) is 1. The summed E-state index contributed by atoms with van der Waals surface area (Å²) in [5, 5.41) is 0.944. The second-order valence-electron chi connectivity index (χ2n) is 4.76. The topological polar surface area (TPSA) is 26.3 Å². The minimum absolute atomic E-state index is 0.223. The molecule has 0 spiro atoms. The highest BCUT2D eigenvalue weighted by molar-refractivity contribution is 9.09. The second-order valence-corrected chi connectivity index (χ2v) is 5.56. The number of carbonyl (C=O) groups is 1. The van der Waals surface area contributed by atoms with Gasteiger partial charge in [0.25, 0.3) is 0 Å². The molecule has 2 nitrogen and oxygen atoms in total. The molecule has 0 amide bonds. The first kappa shape index (κ1) is 15.2. The lowest BCUT2D eigenvalue weighted by atomic mass is 9.88. The smallest absolute Gasteiger partial charge is 0.338 e. The lowest BCUT2D eigenvalue weighted by Crippen LogP contribution is -2.12. The van der Waals surface area contributed by atoms with Gasteiger partial charge in [-0.3, -0.25) is 0 Å². The molecule has 0 aliphatic heterocycles. The number of esters is 1. The maximum atomic E-state index is 12.0. The Bertz CT molecular complexity index is 425. The summed E-state index contributed by atoms with van der Waals surface area (Å²) in [4.78, 5) is 12.0. The Morgan fingerprint density at radius 2 is 2.06 bits per heavy atom. The number of benzene rings is 1. The van der Waals surface area contributed by atoms with Crippen LogP contribution in [-0.4, -0.2) is 18.4 Å². The first-order valence-electron chi connectivity index (χ1n) is 6.29. The number of carbonyl (C=O) groups excluding carboxylic acids is 1. The molecule has 0 bridgehead atoms. The van der Waals surface area contributed by atoms with E-state index in [0.717, 1.165) is 34.9 Å². The molecule has 0 fully saturated rings. The van der Waals surface area contributed by atoms with Crippen molar-refractivity contribution in [3.63, 3.8) is 0 Å². The summed E-state index contributed by atoms with van der Waals surface area (Å²) >= 11 is 3.45. The molecule has 100 valence electrons. The molecule has 0 aliphatic carbocycles. The number of rotatable bonds is 5. The zero-order valence-electron chi connectivity index (χ0n) is 11.5. The van der Waals surface area contributed by atoms with Crippen molar-refractivity contribution in [3.8, 4) is 0 Å². The van der Waals surface area contributed by atoms with Crippen LogP contribution >= 0.6 is 15.9 Å². The van der Waals surface area contributed by atoms with Crippen LogP contribution in [0.2, 0.25) is 0 Å². The summed E-state index contributed by atoms with van der Waals surface area (Å²) < 4.78 is 4.92. The molecule has 0 unspecified atom stereocenters. The van der Waals surface area contributed by atoms with Gasteiger partial charge in [-0.05, 0) is 42.4 Å². The summed E-state index contributed by atoms with van der Waals surface area (Å²) in [6.45, 7) is 6.28. The summed E-state index contributed by atoms with van der Waals surface area (Å²) in [6, 6.07) is 4.15. The number of aryl methyl sites for hydroxylation is 1. The van der Waals surface area contributed by atoms with Crippen LogP contribution in [0.15, 0.2) is 12.1 Å². The average Bonchev–Trinajstić information content (AvgIpc) is 2.34. The van der Waals surface area contributed by atoms with Gasteiger partial charge < -0.3 is 4.74 Å². The molecular weight excluding hydrogens is 292 g/mol. The van der Waals surface area contributed by atoms with Crippen LogP contribution in [0.4, 0.5) is 0 Å². The zero-order valence-corrected chi connectivity index (χ0v) is 13.1. The van der Waals surface area contributed by atoms with E-state index in [4.69, 9.17) is 4.74 Å². The predicted octanol–water partition coefficient (Wildman–Crippen LogP) is 4.23. The molecule has 0 aliphatic rings. The van der Waals surface area contributed by atoms with Gasteiger partial charge in [-0.25, -0.2) is 4.79 Å². The van der Waals surface area contributed by atoms with Gasteiger partial charge in [0, 0.05) is 5.33 Å². The fourth-order valence-electron chi connectivity index (χ4n) is 2.22. The third-order valence-corrected chi connectivity index (χ3v) is 3.69. The molecule has 0 N–H and O–H groups in total. The standard InChI is InChI=1S/C15H21BrO2/c1-10(2)12-8-7-11(3)14(15(17)18-4)13(12)6-5-9-16/h7-8,10H,5-6,9H2,1-4H3. The van der Waals surface area contributed by atoms with Gasteiger partial charge >= 0.3 is 5.97 Å². The summed E-state index contributed by atoms with van der Waals surface area (Å²) in [7, 11) is 1.44. The van der Waals surface area contributed by atoms with Crippen LogP contribution in [0.25, 0.3) is 0 Å². The first-order valence-corrected chi connectivity index (χ1v) is 7.41. The maximum Gasteiger partial charge on any atom is 0.338 e. The lowest BCUT2D eigenvalue weighted by molar-refractivity contribution is 0.0598. The largest absolute Gasteiger partial charge is 0.465 e. The van der Waals surface area contributed by atoms with Crippen LogP contribution in [-0.2, 0) is 11.2 Å². The molecule has 18 heavy (non-hydrogen) atoms. The number of halogens is 1. The van der Waals surface area contributed by atoms with Crippen LogP contribution in [0.3, 0.4) is 0 Å². The van der Waals surface area contributed by atoms with E-state index in [1.165, 1.54) is 12.7 Å². The van der Waals surface area contributed by atoms with Crippen molar-refractivity contribution in [1.82, 2.24) is 0 Å². The molecule has 1 rings (SSSR count). The Balaban J connectivity index is 3.35. The van der Waals surface area contributed by atoms with E-state index in [2.05, 4.69) is 35.8 Å². The molecule has 1 aromatic rings. The van der Waals surface area contributed by atoms with Gasteiger partial charge in [-0.1, -0.05) is 41.9 Å². The van der Waals surface area contributed by atoms with E-state index in [1.807, 2.05) is 13.0 Å². The van der Waals surface area contributed by atoms with Gasteiger partial charge in [0.15, 0.2) is 0 Å². The van der Waals surface area contributed by atoms with Crippen molar-refractivity contribution in [1.29, 1.82) is 0 Å². The van der Waals surface area contributed by atoms with Gasteiger partial charge in [0.2, 0.25) is 0 Å². The predicted molar refractivity (Wildman–Crippen MR) is 78.7 cm³/mol. The number of methoxy groups -OCH3 is 1. The summed E-state index contributed by atoms with van der Waals surface area (Å²) in [5.41, 5.74) is 4.15. The molecule has 0 atom stereocenters. The van der Waals surface area contributed by atoms with Crippen LogP contribution in [0.1, 0.15) is 53.2 Å². The molecule has 0 heterocycles. The van der Waals surface area contributed by atoms with Gasteiger partial charge in [-0.15, -0.1) is 0 Å². The first-order chi connectivity index (χ1) is 8.52. The van der Waals surface area contributed by atoms with E-state index in [0.29, 0.717) is 5.92 Å². The van der Waals surface area contributed by atoms with Crippen molar-refractivity contribution < 1.29 is 9.53 Å². The Hall–Kier alpha value is -0.830. The van der Waals surface area contributed by atoms with Crippen molar-refractivity contribution in [3.05, 3.63) is 34.4 Å². The maximum absolute atomic E-state index is 12.0. The van der Waals surface area contributed by atoms with Crippen molar-refractivity contribution in [2.45, 2.75) is 39.5 Å². The van der Waals surface area contributed by atoms with Gasteiger partial charge in [-0.2, -0.15) is 0 Å². The van der Waals surface area contributed by atoms with Crippen LogP contribution in [0, 0.1) is 6.92 Å². The van der Waals surface area contributed by atoms with E-state index in [9.17, 15) is 4.79 Å². The van der Waals surface area contributed by atoms with E-state index in [-0.39, 0.29) is 5.97 Å². The average molecular weight is 313 g/mol. The summed E-state index contributed by atoms with van der Waals surface area (Å²) in [6.07, 6.45) is 1.93. The quantitative estimate of drug-likeness (QED) is 0.600. The Morgan fingerprint density at radius 1 is 1.39 bits per heavy atom. The molecule has 1 aromatic carbocycles. The Morgan fingerprint density at radius 3 is 2.56 bits per heavy atom. The highest BCUT2D eigenvalue weighted by atomic mass is 79.9. The second kappa shape index (κ2) is 6.93. The third-order valence-electron chi connectivity index (χ3n) is 3.13. The minimum Gasteiger partial charge on any atom is -0.465 e. The monoisotopic (exact) mass is 312 g/mol. The lowest BCUT2D eigenvalue weighted by Gasteiger charge is -2.18. The molecule has 0 saturated heterocycles. The van der Waals surface area contributed by atoms with Crippen molar-refractivity contribution in [2.75, 3.05) is 12.4 Å². The SMILES string of the molecule is COC(=O)c1c(C)ccc(C(C)C)c1CCCBr. The Kier molecular flexibility index (Phi) is 5.86.